The number of Topliss-reactive ketones (excluding diaryl/α,β-unsaturated/α-hetero) is 1. The van der Waals surface area contributed by atoms with Crippen molar-refractivity contribution >= 4 is 40.8 Å². The molecular weight excluding hydrogens is 414 g/mol. The third kappa shape index (κ3) is 3.31. The number of nitrogens with one attached hydrogen (secondary N) is 1. The van der Waals surface area contributed by atoms with Crippen molar-refractivity contribution in [1.82, 2.24) is 4.90 Å². The van der Waals surface area contributed by atoms with Crippen LogP contribution in [0.25, 0.3) is 0 Å². The first-order valence-electron chi connectivity index (χ1n) is 10.0. The first-order chi connectivity index (χ1) is 15.3. The first kappa shape index (κ1) is 21.2. The van der Waals surface area contributed by atoms with E-state index in [1.807, 2.05) is 0 Å². The lowest BCUT2D eigenvalue weighted by atomic mass is 9.97. The van der Waals surface area contributed by atoms with Gasteiger partial charge in [-0.1, -0.05) is 12.1 Å². The number of nitrogens with zero attached hydrogens (tertiary/aromatic N) is 2. The van der Waals surface area contributed by atoms with Gasteiger partial charge >= 0.3 is 5.97 Å². The molecule has 0 spiro atoms. The van der Waals surface area contributed by atoms with E-state index in [9.17, 15) is 24.0 Å². The lowest BCUT2D eigenvalue weighted by Gasteiger charge is -2.46. The second kappa shape index (κ2) is 7.92. The predicted octanol–water partition coefficient (Wildman–Crippen LogP) is 1.98. The van der Waals surface area contributed by atoms with Crippen LogP contribution in [0.15, 0.2) is 48.5 Å². The summed E-state index contributed by atoms with van der Waals surface area (Å²) in [5.74, 6) is -2.22. The van der Waals surface area contributed by atoms with Gasteiger partial charge in [-0.25, -0.2) is 4.79 Å². The number of amides is 3. The first-order valence-corrected chi connectivity index (χ1v) is 10.0. The largest absolute Gasteiger partial charge is 0.454 e. The monoisotopic (exact) mass is 435 g/mol. The van der Waals surface area contributed by atoms with Crippen molar-refractivity contribution in [2.45, 2.75) is 25.4 Å². The molecule has 164 valence electrons. The fraction of sp³-hybridized carbons (Fsp3) is 0.261. The molecule has 0 radical (unpaired) electrons. The zero-order valence-corrected chi connectivity index (χ0v) is 17.6. The third-order valence-electron chi connectivity index (χ3n) is 5.73. The van der Waals surface area contributed by atoms with Gasteiger partial charge in [0.25, 0.3) is 5.91 Å². The molecule has 0 aliphatic carbocycles. The molecule has 9 nitrogen and oxygen atoms in total. The minimum atomic E-state index is -1.63. The Balaban J connectivity index is 1.55. The van der Waals surface area contributed by atoms with Crippen LogP contribution in [0.2, 0.25) is 0 Å². The van der Waals surface area contributed by atoms with Crippen LogP contribution in [0, 0.1) is 0 Å². The number of hydrogen-bond donors (Lipinski definition) is 1. The molecule has 4 rings (SSSR count). The topological polar surface area (TPSA) is 113 Å². The molecule has 0 saturated carbocycles. The van der Waals surface area contributed by atoms with Crippen LogP contribution in [-0.4, -0.2) is 53.7 Å². The van der Waals surface area contributed by atoms with E-state index in [0.717, 1.165) is 0 Å². The molecule has 2 aromatic rings. The quantitative estimate of drug-likeness (QED) is 0.568. The average molecular weight is 435 g/mol. The van der Waals surface area contributed by atoms with Gasteiger partial charge < -0.3 is 15.0 Å². The predicted molar refractivity (Wildman–Crippen MR) is 114 cm³/mol. The van der Waals surface area contributed by atoms with Crippen LogP contribution in [0.5, 0.6) is 0 Å². The van der Waals surface area contributed by atoms with Gasteiger partial charge in [0.05, 0.1) is 11.3 Å². The molecule has 1 N–H and O–H groups in total. The van der Waals surface area contributed by atoms with E-state index in [1.54, 1.807) is 36.4 Å². The third-order valence-corrected chi connectivity index (χ3v) is 5.73. The second-order valence-electron chi connectivity index (χ2n) is 7.68. The smallest absolute Gasteiger partial charge is 0.354 e. The zero-order chi connectivity index (χ0) is 23.0. The Morgan fingerprint density at radius 2 is 1.75 bits per heavy atom. The molecule has 2 aromatic carbocycles. The van der Waals surface area contributed by atoms with Crippen LogP contribution in [0.3, 0.4) is 0 Å². The number of likely N-dealkylation sites (N-methyl/N-ethyl adjacent to an activating group) is 1. The summed E-state index contributed by atoms with van der Waals surface area (Å²) in [6, 6.07) is 12.7. The Morgan fingerprint density at radius 3 is 2.44 bits per heavy atom. The molecule has 1 saturated heterocycles. The summed E-state index contributed by atoms with van der Waals surface area (Å²) < 4.78 is 5.33. The summed E-state index contributed by atoms with van der Waals surface area (Å²) in [5.41, 5.74) is -0.120. The van der Waals surface area contributed by atoms with Gasteiger partial charge in [-0.2, -0.15) is 0 Å². The van der Waals surface area contributed by atoms with Gasteiger partial charge in [0.15, 0.2) is 12.4 Å². The number of hydrogen-bond acceptors (Lipinski definition) is 6. The minimum Gasteiger partial charge on any atom is -0.454 e. The van der Waals surface area contributed by atoms with E-state index < -0.39 is 29.9 Å². The maximum absolute atomic E-state index is 13.2. The van der Waals surface area contributed by atoms with Crippen LogP contribution in [0.4, 0.5) is 11.4 Å². The Kier molecular flexibility index (Phi) is 5.25. The van der Waals surface area contributed by atoms with E-state index >= 15 is 0 Å². The van der Waals surface area contributed by atoms with Gasteiger partial charge in [-0.05, 0) is 36.4 Å². The number of para-hydroxylation sites is 1. The highest BCUT2D eigenvalue weighted by Gasteiger charge is 2.60. The van der Waals surface area contributed by atoms with Crippen LogP contribution >= 0.6 is 0 Å². The summed E-state index contributed by atoms with van der Waals surface area (Å²) in [6.45, 7) is 0.826. The van der Waals surface area contributed by atoms with Gasteiger partial charge in [-0.3, -0.25) is 24.1 Å². The maximum atomic E-state index is 13.2. The van der Waals surface area contributed by atoms with Crippen molar-refractivity contribution in [2.24, 2.45) is 0 Å². The highest BCUT2D eigenvalue weighted by atomic mass is 16.5. The molecular formula is C23H21N3O6. The van der Waals surface area contributed by atoms with Crippen molar-refractivity contribution in [2.75, 3.05) is 23.9 Å². The van der Waals surface area contributed by atoms with E-state index in [2.05, 4.69) is 5.32 Å². The molecule has 2 aliphatic rings. The van der Waals surface area contributed by atoms with E-state index in [1.165, 1.54) is 35.9 Å². The zero-order valence-electron chi connectivity index (χ0n) is 17.6. The van der Waals surface area contributed by atoms with E-state index in [-0.39, 0.29) is 24.7 Å². The maximum Gasteiger partial charge on any atom is 0.354 e. The van der Waals surface area contributed by atoms with Gasteiger partial charge in [0.2, 0.25) is 17.5 Å². The standard InChI is InChI=1S/C23H21N3O6/c1-14(27)24-16-9-7-15(8-10-16)19(28)13-32-22(31)23-12-11-20(29)26(23)18-6-4-3-5-17(18)21(30)25(23)2/h3-10H,11-13H2,1-2H3,(H,24,27). The number of anilines is 2. The van der Waals surface area contributed by atoms with Crippen molar-refractivity contribution < 1.29 is 28.7 Å². The van der Waals surface area contributed by atoms with Crippen molar-refractivity contribution in [3.05, 3.63) is 59.7 Å². The van der Waals surface area contributed by atoms with Gasteiger partial charge in [0, 0.05) is 38.1 Å². The Morgan fingerprint density at radius 1 is 1.06 bits per heavy atom. The number of ether oxygens (including phenoxy) is 1. The summed E-state index contributed by atoms with van der Waals surface area (Å²) in [5, 5.41) is 2.60. The summed E-state index contributed by atoms with van der Waals surface area (Å²) >= 11 is 0. The normalized spacial score (nSPS) is 19.3. The molecule has 1 unspecified atom stereocenters. The van der Waals surface area contributed by atoms with Crippen LogP contribution < -0.4 is 10.2 Å². The molecule has 3 amide bonds. The Hall–Kier alpha value is -4.01. The lowest BCUT2D eigenvalue weighted by Crippen LogP contribution is -2.67. The minimum absolute atomic E-state index is 0.0691. The number of fused-ring (bicyclic) bond motifs is 3. The SMILES string of the molecule is CC(=O)Nc1ccc(C(=O)COC(=O)C23CCC(=O)N2c2ccccc2C(=O)N3C)cc1. The molecule has 0 bridgehead atoms. The van der Waals surface area contributed by atoms with E-state index in [4.69, 9.17) is 4.74 Å². The fourth-order valence-electron chi connectivity index (χ4n) is 4.16. The molecule has 0 aromatic heterocycles. The average Bonchev–Trinajstić information content (AvgIpc) is 3.14. The number of rotatable bonds is 5. The highest BCUT2D eigenvalue weighted by Crippen LogP contribution is 2.44. The summed E-state index contributed by atoms with van der Waals surface area (Å²) in [4.78, 5) is 65.0. The number of esters is 1. The molecule has 1 fully saturated rings. The van der Waals surface area contributed by atoms with Crippen molar-refractivity contribution in [3.63, 3.8) is 0 Å². The van der Waals surface area contributed by atoms with Gasteiger partial charge in [0.1, 0.15) is 0 Å². The van der Waals surface area contributed by atoms with Crippen molar-refractivity contribution in [1.29, 1.82) is 0 Å². The van der Waals surface area contributed by atoms with Crippen LogP contribution in [-0.2, 0) is 19.1 Å². The Labute approximate surface area is 183 Å². The summed E-state index contributed by atoms with van der Waals surface area (Å²) in [7, 11) is 1.45. The number of benzene rings is 2. The molecule has 32 heavy (non-hydrogen) atoms. The molecule has 2 aliphatic heterocycles. The second-order valence-corrected chi connectivity index (χ2v) is 7.68. The number of ketones is 1. The van der Waals surface area contributed by atoms with E-state index in [0.29, 0.717) is 22.5 Å². The lowest BCUT2D eigenvalue weighted by molar-refractivity contribution is -0.155. The molecule has 9 heteroatoms. The fourth-order valence-corrected chi connectivity index (χ4v) is 4.16. The highest BCUT2D eigenvalue weighted by molar-refractivity contribution is 6.15. The number of carbonyl (C=O) groups is 5. The van der Waals surface area contributed by atoms with Crippen LogP contribution in [0.1, 0.15) is 40.5 Å². The van der Waals surface area contributed by atoms with Gasteiger partial charge in [-0.15, -0.1) is 0 Å². The van der Waals surface area contributed by atoms with Crippen molar-refractivity contribution in [3.8, 4) is 0 Å². The molecule has 1 atom stereocenters. The summed E-state index contributed by atoms with van der Waals surface area (Å²) in [6.07, 6.45) is 0.139. The number of carbonyl (C=O) groups excluding carboxylic acids is 5. The molecule has 2 heterocycles. The Bertz CT molecular complexity index is 1140.